The quantitative estimate of drug-likeness (QED) is 0.796. The minimum absolute atomic E-state index is 0.0792. The van der Waals surface area contributed by atoms with E-state index in [-0.39, 0.29) is 16.7 Å². The Balaban J connectivity index is 2.25. The number of hydrogen-bond donors (Lipinski definition) is 1. The zero-order valence-electron chi connectivity index (χ0n) is 11.1. The Morgan fingerprint density at radius 3 is 2.55 bits per heavy atom. The summed E-state index contributed by atoms with van der Waals surface area (Å²) < 4.78 is 10.5. The topological polar surface area (TPSA) is 99.8 Å². The molecule has 1 aromatic heterocycles. The Morgan fingerprint density at radius 1 is 1.14 bits per heavy atom. The van der Waals surface area contributed by atoms with Crippen molar-refractivity contribution in [2.75, 3.05) is 0 Å². The van der Waals surface area contributed by atoms with E-state index in [0.29, 0.717) is 5.75 Å². The summed E-state index contributed by atoms with van der Waals surface area (Å²) in [4.78, 5) is 23.7. The van der Waals surface area contributed by atoms with Crippen LogP contribution in [0, 0.1) is 0 Å². The van der Waals surface area contributed by atoms with Crippen LogP contribution in [0.1, 0.15) is 10.6 Å². The number of rotatable bonds is 3. The molecule has 1 heterocycles. The molecule has 3 aromatic rings. The zero-order chi connectivity index (χ0) is 15.7. The highest BCUT2D eigenvalue weighted by atomic mass is 16.5. The maximum atomic E-state index is 12.4. The largest absolute Gasteiger partial charge is 0.872 e. The minimum atomic E-state index is -1.46. The van der Waals surface area contributed by atoms with Gasteiger partial charge < -0.3 is 19.4 Å². The Labute approximate surface area is 123 Å². The van der Waals surface area contributed by atoms with Gasteiger partial charge in [-0.15, -0.1) is 5.75 Å². The molecule has 0 unspecified atom stereocenters. The highest BCUT2D eigenvalue weighted by Crippen LogP contribution is 2.26. The molecule has 0 saturated heterocycles. The van der Waals surface area contributed by atoms with Gasteiger partial charge >= 0.3 is 5.97 Å². The van der Waals surface area contributed by atoms with Crippen molar-refractivity contribution < 1.29 is 24.2 Å². The van der Waals surface area contributed by atoms with Crippen LogP contribution in [0.2, 0.25) is 0 Å². The van der Waals surface area contributed by atoms with Crippen molar-refractivity contribution in [1.29, 1.82) is 0 Å². The van der Waals surface area contributed by atoms with Gasteiger partial charge in [0.15, 0.2) is 0 Å². The molecular formula is C16H9O6-. The monoisotopic (exact) mass is 297 g/mol. The highest BCUT2D eigenvalue weighted by Gasteiger charge is 2.22. The first kappa shape index (κ1) is 13.7. The number of ether oxygens (including phenoxy) is 1. The summed E-state index contributed by atoms with van der Waals surface area (Å²) in [6.45, 7) is 0. The third kappa shape index (κ3) is 2.37. The highest BCUT2D eigenvalue weighted by molar-refractivity contribution is 5.91. The molecule has 0 fully saturated rings. The second-order valence-electron chi connectivity index (χ2n) is 4.47. The summed E-state index contributed by atoms with van der Waals surface area (Å²) in [5.74, 6) is -2.61. The molecule has 22 heavy (non-hydrogen) atoms. The van der Waals surface area contributed by atoms with E-state index < -0.39 is 22.9 Å². The van der Waals surface area contributed by atoms with E-state index in [4.69, 9.17) is 9.15 Å². The maximum Gasteiger partial charge on any atom is 0.375 e. The predicted octanol–water partition coefficient (Wildman–Crippen LogP) is 2.36. The van der Waals surface area contributed by atoms with Crippen LogP contribution in [0.5, 0.6) is 17.2 Å². The van der Waals surface area contributed by atoms with E-state index in [1.165, 1.54) is 12.1 Å². The van der Waals surface area contributed by atoms with E-state index in [9.17, 15) is 19.8 Å². The van der Waals surface area contributed by atoms with Crippen molar-refractivity contribution in [3.63, 3.8) is 0 Å². The zero-order valence-corrected chi connectivity index (χ0v) is 11.1. The van der Waals surface area contributed by atoms with Crippen molar-refractivity contribution in [2.45, 2.75) is 0 Å². The predicted molar refractivity (Wildman–Crippen MR) is 75.4 cm³/mol. The average molecular weight is 297 g/mol. The van der Waals surface area contributed by atoms with Gasteiger partial charge in [-0.3, -0.25) is 4.79 Å². The molecule has 3 rings (SSSR count). The SMILES string of the molecule is O=C(O)c1oc2cc([O-])ccc2c(=O)c1Oc1ccccc1. The van der Waals surface area contributed by atoms with Crippen molar-refractivity contribution in [2.24, 2.45) is 0 Å². The molecule has 0 radical (unpaired) electrons. The molecule has 0 saturated carbocycles. The number of hydrogen-bond acceptors (Lipinski definition) is 5. The first-order valence-electron chi connectivity index (χ1n) is 6.30. The van der Waals surface area contributed by atoms with Gasteiger partial charge in [0.05, 0.1) is 5.39 Å². The van der Waals surface area contributed by atoms with Crippen LogP contribution in [-0.4, -0.2) is 11.1 Å². The Bertz CT molecular complexity index is 911. The van der Waals surface area contributed by atoms with Gasteiger partial charge in [-0.2, -0.15) is 0 Å². The first-order valence-corrected chi connectivity index (χ1v) is 6.30. The Kier molecular flexibility index (Phi) is 3.27. The summed E-state index contributed by atoms with van der Waals surface area (Å²) in [5, 5.41) is 20.6. The molecule has 0 amide bonds. The smallest absolute Gasteiger partial charge is 0.375 e. The van der Waals surface area contributed by atoms with Crippen LogP contribution in [0.15, 0.2) is 57.7 Å². The van der Waals surface area contributed by atoms with Gasteiger partial charge in [0.2, 0.25) is 11.2 Å². The number of carbonyl (C=O) groups is 1. The molecule has 0 spiro atoms. The van der Waals surface area contributed by atoms with Crippen LogP contribution in [-0.2, 0) is 0 Å². The lowest BCUT2D eigenvalue weighted by Crippen LogP contribution is -2.12. The van der Waals surface area contributed by atoms with Crippen molar-refractivity contribution in [3.05, 3.63) is 64.5 Å². The summed E-state index contributed by atoms with van der Waals surface area (Å²) >= 11 is 0. The normalized spacial score (nSPS) is 10.5. The van der Waals surface area contributed by atoms with Gasteiger partial charge in [0, 0.05) is 0 Å². The lowest BCUT2D eigenvalue weighted by atomic mass is 10.2. The molecule has 0 atom stereocenters. The maximum absolute atomic E-state index is 12.4. The van der Waals surface area contributed by atoms with Gasteiger partial charge in [-0.1, -0.05) is 24.3 Å². The van der Waals surface area contributed by atoms with Crippen molar-refractivity contribution in [1.82, 2.24) is 0 Å². The number of benzene rings is 2. The van der Waals surface area contributed by atoms with Gasteiger partial charge in [0.25, 0.3) is 5.76 Å². The summed E-state index contributed by atoms with van der Waals surface area (Å²) in [7, 11) is 0. The van der Waals surface area contributed by atoms with E-state index >= 15 is 0 Å². The fraction of sp³-hybridized carbons (Fsp3) is 0. The molecule has 0 aliphatic rings. The van der Waals surface area contributed by atoms with Gasteiger partial charge in [0.1, 0.15) is 11.3 Å². The number of carboxylic acids is 1. The molecular weight excluding hydrogens is 288 g/mol. The fourth-order valence-corrected chi connectivity index (χ4v) is 2.00. The van der Waals surface area contributed by atoms with E-state index in [1.54, 1.807) is 30.3 Å². The second kappa shape index (κ2) is 5.25. The van der Waals surface area contributed by atoms with Crippen LogP contribution in [0.4, 0.5) is 0 Å². The molecule has 0 bridgehead atoms. The fourth-order valence-electron chi connectivity index (χ4n) is 2.00. The van der Waals surface area contributed by atoms with Crippen LogP contribution >= 0.6 is 0 Å². The summed E-state index contributed by atoms with van der Waals surface area (Å²) in [6.07, 6.45) is 0. The number of para-hydroxylation sites is 1. The average Bonchev–Trinajstić information content (AvgIpc) is 2.50. The molecule has 110 valence electrons. The van der Waals surface area contributed by atoms with Crippen LogP contribution < -0.4 is 15.3 Å². The van der Waals surface area contributed by atoms with Crippen molar-refractivity contribution >= 4 is 16.9 Å². The third-order valence-electron chi connectivity index (χ3n) is 2.98. The lowest BCUT2D eigenvalue weighted by molar-refractivity contribution is -0.268. The molecule has 1 N–H and O–H groups in total. The molecule has 0 aliphatic carbocycles. The molecule has 0 aliphatic heterocycles. The number of fused-ring (bicyclic) bond motifs is 1. The summed E-state index contributed by atoms with van der Waals surface area (Å²) in [6, 6.07) is 11.8. The Morgan fingerprint density at radius 2 is 1.86 bits per heavy atom. The second-order valence-corrected chi connectivity index (χ2v) is 4.47. The standard InChI is InChI=1S/C16H10O6/c17-9-6-7-11-12(8-9)22-15(16(19)20)14(13(11)18)21-10-4-2-1-3-5-10/h1-8,17H,(H,19,20)/p-1. The number of carboxylic acid groups (broad SMARTS) is 1. The van der Waals surface area contributed by atoms with E-state index in [1.807, 2.05) is 0 Å². The van der Waals surface area contributed by atoms with E-state index in [2.05, 4.69) is 0 Å². The molecule has 6 heteroatoms. The molecule has 6 nitrogen and oxygen atoms in total. The van der Waals surface area contributed by atoms with Crippen molar-refractivity contribution in [3.8, 4) is 17.2 Å². The molecule has 2 aromatic carbocycles. The first-order chi connectivity index (χ1) is 10.6. The van der Waals surface area contributed by atoms with Gasteiger partial charge in [-0.05, 0) is 24.3 Å². The minimum Gasteiger partial charge on any atom is -0.872 e. The lowest BCUT2D eigenvalue weighted by Gasteiger charge is -2.10. The van der Waals surface area contributed by atoms with Crippen LogP contribution in [0.25, 0.3) is 11.0 Å². The third-order valence-corrected chi connectivity index (χ3v) is 2.98. The number of aromatic carboxylic acids is 1. The summed E-state index contributed by atoms with van der Waals surface area (Å²) in [5.41, 5.74) is -0.738. The van der Waals surface area contributed by atoms with E-state index in [0.717, 1.165) is 6.07 Å². The van der Waals surface area contributed by atoms with Gasteiger partial charge in [-0.25, -0.2) is 4.79 Å². The Hall–Kier alpha value is -3.28. The van der Waals surface area contributed by atoms with Crippen LogP contribution in [0.3, 0.4) is 0 Å².